The summed E-state index contributed by atoms with van der Waals surface area (Å²) in [5, 5.41) is 37.8. The van der Waals surface area contributed by atoms with E-state index in [-0.39, 0.29) is 11.4 Å². The number of benzene rings is 2. The van der Waals surface area contributed by atoms with Gasteiger partial charge < -0.3 is 0 Å². The second-order valence-electron chi connectivity index (χ2n) is 4.81. The Bertz CT molecular complexity index is 882. The first kappa shape index (κ1) is 17.5. The van der Waals surface area contributed by atoms with Crippen LogP contribution in [0.1, 0.15) is 5.56 Å². The highest BCUT2D eigenvalue weighted by Gasteiger charge is 2.21. The third-order valence-corrected chi connectivity index (χ3v) is 3.18. The maximum atomic E-state index is 11.1. The first-order valence-electron chi connectivity index (χ1n) is 6.74. The monoisotopic (exact) mass is 345 g/mol. The number of nitro benzene ring substituents is 3. The largest absolute Gasteiger partial charge is 0.301 e. The average molecular weight is 345 g/mol. The van der Waals surface area contributed by atoms with Gasteiger partial charge in [-0.25, -0.2) is 0 Å². The Balaban J connectivity index is 2.33. The van der Waals surface area contributed by atoms with Crippen LogP contribution in [-0.4, -0.2) is 28.0 Å². The van der Waals surface area contributed by atoms with Gasteiger partial charge in [-0.1, -0.05) is 12.1 Å². The third kappa shape index (κ3) is 4.10. The molecular weight excluding hydrogens is 334 g/mol. The van der Waals surface area contributed by atoms with Crippen LogP contribution in [0.15, 0.2) is 47.6 Å². The molecule has 2 aromatic rings. The van der Waals surface area contributed by atoms with E-state index >= 15 is 0 Å². The smallest absolute Gasteiger partial charge is 0.262 e. The highest BCUT2D eigenvalue weighted by molar-refractivity contribution is 5.82. The maximum absolute atomic E-state index is 11.1. The van der Waals surface area contributed by atoms with Crippen molar-refractivity contribution in [3.05, 3.63) is 78.4 Å². The molecule has 11 nitrogen and oxygen atoms in total. The lowest BCUT2D eigenvalue weighted by Gasteiger charge is -2.12. The number of hydrazone groups is 1. The summed E-state index contributed by atoms with van der Waals surface area (Å²) in [7, 11) is 1.42. The van der Waals surface area contributed by atoms with Crippen molar-refractivity contribution in [3.8, 4) is 0 Å². The molecule has 0 aliphatic heterocycles. The Hall–Kier alpha value is -3.89. The molecular formula is C14H11N5O6. The second-order valence-corrected chi connectivity index (χ2v) is 4.81. The van der Waals surface area contributed by atoms with Gasteiger partial charge in [-0.3, -0.25) is 35.4 Å². The highest BCUT2D eigenvalue weighted by atomic mass is 16.6. The molecule has 0 spiro atoms. The molecule has 0 aliphatic rings. The topological polar surface area (TPSA) is 145 Å². The Morgan fingerprint density at radius 2 is 1.56 bits per heavy atom. The fraction of sp³-hybridized carbons (Fsp3) is 0.0714. The fourth-order valence-corrected chi connectivity index (χ4v) is 1.98. The summed E-state index contributed by atoms with van der Waals surface area (Å²) in [5.41, 5.74) is -0.546. The number of hydrogen-bond donors (Lipinski definition) is 0. The van der Waals surface area contributed by atoms with Crippen LogP contribution < -0.4 is 5.01 Å². The molecule has 2 aromatic carbocycles. The van der Waals surface area contributed by atoms with E-state index in [9.17, 15) is 30.3 Å². The van der Waals surface area contributed by atoms with Crippen molar-refractivity contribution < 1.29 is 14.8 Å². The van der Waals surface area contributed by atoms with Crippen LogP contribution in [0.4, 0.5) is 22.7 Å². The summed E-state index contributed by atoms with van der Waals surface area (Å²) >= 11 is 0. The van der Waals surface area contributed by atoms with Gasteiger partial charge >= 0.3 is 5.69 Å². The molecule has 25 heavy (non-hydrogen) atoms. The predicted molar refractivity (Wildman–Crippen MR) is 88.8 cm³/mol. The highest BCUT2D eigenvalue weighted by Crippen LogP contribution is 2.31. The molecule has 0 heterocycles. The van der Waals surface area contributed by atoms with Crippen molar-refractivity contribution in [2.24, 2.45) is 5.10 Å². The Kier molecular flexibility index (Phi) is 4.98. The third-order valence-electron chi connectivity index (χ3n) is 3.18. The molecule has 0 saturated carbocycles. The Labute approximate surface area is 140 Å². The summed E-state index contributed by atoms with van der Waals surface area (Å²) < 4.78 is 0. The van der Waals surface area contributed by atoms with Gasteiger partial charge in [-0.15, -0.1) is 0 Å². The fourth-order valence-electron chi connectivity index (χ4n) is 1.98. The van der Waals surface area contributed by atoms with Crippen molar-refractivity contribution in [2.75, 3.05) is 12.1 Å². The van der Waals surface area contributed by atoms with Crippen LogP contribution in [-0.2, 0) is 0 Å². The number of nitrogens with zero attached hydrogens (tertiary/aromatic N) is 5. The van der Waals surface area contributed by atoms with Gasteiger partial charge in [0.15, 0.2) is 0 Å². The zero-order valence-electron chi connectivity index (χ0n) is 12.8. The van der Waals surface area contributed by atoms with Crippen molar-refractivity contribution in [1.82, 2.24) is 0 Å². The van der Waals surface area contributed by atoms with E-state index in [0.29, 0.717) is 5.56 Å². The molecule has 0 bridgehead atoms. The molecule has 0 amide bonds. The standard InChI is InChI=1S/C14H11N5O6/c1-16(15-9-10-3-2-4-11(7-10)17(20)21)13-6-5-12(18(22)23)8-14(13)19(24)25/h2-9H,1H3/b15-9-. The minimum absolute atomic E-state index is 0.0391. The van der Waals surface area contributed by atoms with Crippen LogP contribution >= 0.6 is 0 Å². The zero-order valence-corrected chi connectivity index (χ0v) is 12.8. The molecule has 11 heteroatoms. The number of rotatable bonds is 6. The molecule has 0 unspecified atom stereocenters. The van der Waals surface area contributed by atoms with E-state index in [1.807, 2.05) is 0 Å². The van der Waals surface area contributed by atoms with E-state index in [1.165, 1.54) is 37.5 Å². The second kappa shape index (κ2) is 7.12. The average Bonchev–Trinajstić information content (AvgIpc) is 2.59. The summed E-state index contributed by atoms with van der Waals surface area (Å²) in [5.74, 6) is 0. The number of nitro groups is 3. The van der Waals surface area contributed by atoms with E-state index in [2.05, 4.69) is 5.10 Å². The normalized spacial score (nSPS) is 10.6. The molecule has 0 N–H and O–H groups in total. The predicted octanol–water partition coefficient (Wildman–Crippen LogP) is 2.88. The molecule has 0 radical (unpaired) electrons. The molecule has 128 valence electrons. The van der Waals surface area contributed by atoms with Gasteiger partial charge in [0.2, 0.25) is 0 Å². The first-order valence-corrected chi connectivity index (χ1v) is 6.74. The molecule has 0 aliphatic carbocycles. The quantitative estimate of drug-likeness (QED) is 0.444. The lowest BCUT2D eigenvalue weighted by atomic mass is 10.2. The summed E-state index contributed by atoms with van der Waals surface area (Å²) in [4.78, 5) is 30.6. The van der Waals surface area contributed by atoms with E-state index in [0.717, 1.165) is 17.1 Å². The van der Waals surface area contributed by atoms with Crippen molar-refractivity contribution in [1.29, 1.82) is 0 Å². The number of non-ortho nitro benzene ring substituents is 2. The van der Waals surface area contributed by atoms with Gasteiger partial charge in [0.05, 0.1) is 27.1 Å². The van der Waals surface area contributed by atoms with Gasteiger partial charge in [0, 0.05) is 30.8 Å². The van der Waals surface area contributed by atoms with Crippen molar-refractivity contribution in [2.45, 2.75) is 0 Å². The summed E-state index contributed by atoms with van der Waals surface area (Å²) in [6.45, 7) is 0. The Morgan fingerprint density at radius 3 is 2.16 bits per heavy atom. The molecule has 0 aromatic heterocycles. The van der Waals surface area contributed by atoms with Crippen molar-refractivity contribution >= 4 is 29.0 Å². The van der Waals surface area contributed by atoms with E-state index < -0.39 is 26.1 Å². The first-order chi connectivity index (χ1) is 11.8. The number of anilines is 1. The van der Waals surface area contributed by atoms with Crippen LogP contribution in [0.3, 0.4) is 0 Å². The minimum Gasteiger partial charge on any atom is -0.262 e. The minimum atomic E-state index is -0.748. The zero-order chi connectivity index (χ0) is 18.6. The molecule has 0 saturated heterocycles. The van der Waals surface area contributed by atoms with Crippen LogP contribution in [0.5, 0.6) is 0 Å². The SMILES string of the molecule is CN(/N=C\c1cccc([N+](=O)[O-])c1)c1ccc([N+](=O)[O-])cc1[N+](=O)[O-]. The van der Waals surface area contributed by atoms with Crippen LogP contribution in [0, 0.1) is 30.3 Å². The lowest BCUT2D eigenvalue weighted by molar-refractivity contribution is -0.393. The van der Waals surface area contributed by atoms with Gasteiger partial charge in [-0.2, -0.15) is 5.10 Å². The van der Waals surface area contributed by atoms with Crippen molar-refractivity contribution in [3.63, 3.8) is 0 Å². The van der Waals surface area contributed by atoms with Gasteiger partial charge in [-0.05, 0) is 6.07 Å². The van der Waals surface area contributed by atoms with E-state index in [1.54, 1.807) is 6.07 Å². The summed E-state index contributed by atoms with van der Waals surface area (Å²) in [6.07, 6.45) is 1.29. The van der Waals surface area contributed by atoms with Crippen LogP contribution in [0.25, 0.3) is 0 Å². The van der Waals surface area contributed by atoms with Gasteiger partial charge in [0.1, 0.15) is 5.69 Å². The summed E-state index contributed by atoms with van der Waals surface area (Å²) in [6, 6.07) is 8.85. The molecule has 2 rings (SSSR count). The number of hydrogen-bond acceptors (Lipinski definition) is 8. The lowest BCUT2D eigenvalue weighted by Crippen LogP contribution is -2.11. The maximum Gasteiger partial charge on any atom is 0.301 e. The molecule has 0 fully saturated rings. The Morgan fingerprint density at radius 1 is 0.920 bits per heavy atom. The molecule has 0 atom stereocenters. The van der Waals surface area contributed by atoms with Crippen LogP contribution in [0.2, 0.25) is 0 Å². The van der Waals surface area contributed by atoms with Gasteiger partial charge in [0.25, 0.3) is 11.4 Å². The van der Waals surface area contributed by atoms with E-state index in [4.69, 9.17) is 0 Å².